The second kappa shape index (κ2) is 10.7. The lowest BCUT2D eigenvalue weighted by Gasteiger charge is -2.12. The molecule has 0 saturated heterocycles. The second-order valence-corrected chi connectivity index (χ2v) is 6.90. The standard InChI is InChI=1S/C19H20BrN3O4S/c1-26-10-9-21-17(24)12-3-6-14(7-4-12)22-19(28)23-18(25)15-11-13(20)5-8-16(15)27-2/h3-8,11H,9-10H2,1-2H3,(H,21,24)(H2,22,23,25,28). The van der Waals surface area contributed by atoms with Crippen LogP contribution in [0.4, 0.5) is 5.69 Å². The van der Waals surface area contributed by atoms with Crippen molar-refractivity contribution in [3.63, 3.8) is 0 Å². The van der Waals surface area contributed by atoms with Gasteiger partial charge in [0.1, 0.15) is 5.75 Å². The van der Waals surface area contributed by atoms with Crippen LogP contribution in [-0.4, -0.2) is 44.3 Å². The first-order valence-electron chi connectivity index (χ1n) is 8.27. The molecule has 0 aliphatic heterocycles. The number of anilines is 1. The molecule has 0 aliphatic carbocycles. The van der Waals surface area contributed by atoms with E-state index < -0.39 is 5.91 Å². The van der Waals surface area contributed by atoms with Crippen LogP contribution in [0.5, 0.6) is 5.75 Å². The van der Waals surface area contributed by atoms with Crippen LogP contribution >= 0.6 is 28.1 Å². The molecule has 0 spiro atoms. The van der Waals surface area contributed by atoms with E-state index in [9.17, 15) is 9.59 Å². The van der Waals surface area contributed by atoms with Crippen molar-refractivity contribution in [2.24, 2.45) is 0 Å². The van der Waals surface area contributed by atoms with Gasteiger partial charge in [0.2, 0.25) is 0 Å². The largest absolute Gasteiger partial charge is 0.496 e. The van der Waals surface area contributed by atoms with E-state index in [1.807, 2.05) is 0 Å². The molecule has 2 aromatic carbocycles. The van der Waals surface area contributed by atoms with Crippen LogP contribution < -0.4 is 20.7 Å². The van der Waals surface area contributed by atoms with Gasteiger partial charge in [0.15, 0.2) is 5.11 Å². The fraction of sp³-hybridized carbons (Fsp3) is 0.211. The minimum absolute atomic E-state index is 0.129. The average Bonchev–Trinajstić information content (AvgIpc) is 2.68. The van der Waals surface area contributed by atoms with Crippen molar-refractivity contribution in [2.45, 2.75) is 0 Å². The molecule has 0 heterocycles. The van der Waals surface area contributed by atoms with Gasteiger partial charge in [0, 0.05) is 29.4 Å². The highest BCUT2D eigenvalue weighted by atomic mass is 79.9. The van der Waals surface area contributed by atoms with Gasteiger partial charge in [-0.3, -0.25) is 14.9 Å². The van der Waals surface area contributed by atoms with Crippen molar-refractivity contribution in [2.75, 3.05) is 32.7 Å². The molecule has 0 saturated carbocycles. The van der Waals surface area contributed by atoms with Gasteiger partial charge in [-0.25, -0.2) is 0 Å². The van der Waals surface area contributed by atoms with Crippen molar-refractivity contribution in [1.82, 2.24) is 10.6 Å². The minimum atomic E-state index is -0.398. The first-order valence-corrected chi connectivity index (χ1v) is 9.47. The highest BCUT2D eigenvalue weighted by Crippen LogP contribution is 2.22. The molecule has 0 aromatic heterocycles. The van der Waals surface area contributed by atoms with E-state index in [1.54, 1.807) is 49.6 Å². The summed E-state index contributed by atoms with van der Waals surface area (Å²) in [7, 11) is 3.06. The summed E-state index contributed by atoms with van der Waals surface area (Å²) in [6, 6.07) is 11.8. The summed E-state index contributed by atoms with van der Waals surface area (Å²) < 4.78 is 10.8. The lowest BCUT2D eigenvalue weighted by molar-refractivity contribution is 0.0935. The second-order valence-electron chi connectivity index (χ2n) is 5.58. The highest BCUT2D eigenvalue weighted by molar-refractivity contribution is 9.10. The molecular weight excluding hydrogens is 446 g/mol. The topological polar surface area (TPSA) is 88.7 Å². The molecule has 3 N–H and O–H groups in total. The summed E-state index contributed by atoms with van der Waals surface area (Å²) in [6.45, 7) is 0.882. The number of amides is 2. The van der Waals surface area contributed by atoms with Gasteiger partial charge >= 0.3 is 0 Å². The molecule has 9 heteroatoms. The van der Waals surface area contributed by atoms with Crippen LogP contribution in [0.1, 0.15) is 20.7 Å². The van der Waals surface area contributed by atoms with Crippen LogP contribution in [-0.2, 0) is 4.74 Å². The number of ether oxygens (including phenoxy) is 2. The van der Waals surface area contributed by atoms with Crippen LogP contribution in [0, 0.1) is 0 Å². The molecule has 0 aliphatic rings. The molecule has 0 unspecified atom stereocenters. The Morgan fingerprint density at radius 2 is 1.79 bits per heavy atom. The molecule has 0 atom stereocenters. The van der Waals surface area contributed by atoms with Crippen molar-refractivity contribution in [3.05, 3.63) is 58.1 Å². The lowest BCUT2D eigenvalue weighted by Crippen LogP contribution is -2.34. The van der Waals surface area contributed by atoms with Gasteiger partial charge in [-0.05, 0) is 54.7 Å². The van der Waals surface area contributed by atoms with Crippen molar-refractivity contribution < 1.29 is 19.1 Å². The van der Waals surface area contributed by atoms with Crippen molar-refractivity contribution in [3.8, 4) is 5.75 Å². The quantitative estimate of drug-likeness (QED) is 0.430. The normalized spacial score (nSPS) is 10.1. The third-order valence-corrected chi connectivity index (χ3v) is 4.33. The molecule has 7 nitrogen and oxygen atoms in total. The summed E-state index contributed by atoms with van der Waals surface area (Å²) in [5.41, 5.74) is 1.50. The number of carbonyl (C=O) groups is 2. The van der Waals surface area contributed by atoms with E-state index in [1.165, 1.54) is 7.11 Å². The number of thiocarbonyl (C=S) groups is 1. The zero-order valence-electron chi connectivity index (χ0n) is 15.4. The molecule has 2 amide bonds. The Hall–Kier alpha value is -2.49. The average molecular weight is 466 g/mol. The van der Waals surface area contributed by atoms with E-state index in [0.29, 0.717) is 35.7 Å². The number of halogens is 1. The monoisotopic (exact) mass is 465 g/mol. The number of nitrogens with one attached hydrogen (secondary N) is 3. The van der Waals surface area contributed by atoms with Crippen LogP contribution in [0.25, 0.3) is 0 Å². The Morgan fingerprint density at radius 1 is 1.07 bits per heavy atom. The van der Waals surface area contributed by atoms with E-state index >= 15 is 0 Å². The third-order valence-electron chi connectivity index (χ3n) is 3.63. The first-order chi connectivity index (χ1) is 13.4. The zero-order valence-corrected chi connectivity index (χ0v) is 17.8. The molecule has 0 radical (unpaired) electrons. The van der Waals surface area contributed by atoms with Gasteiger partial charge in [-0.1, -0.05) is 15.9 Å². The predicted molar refractivity (Wildman–Crippen MR) is 115 cm³/mol. The van der Waals surface area contributed by atoms with E-state index in [-0.39, 0.29) is 11.0 Å². The van der Waals surface area contributed by atoms with Crippen LogP contribution in [0.2, 0.25) is 0 Å². The smallest absolute Gasteiger partial charge is 0.261 e. The van der Waals surface area contributed by atoms with E-state index in [4.69, 9.17) is 21.7 Å². The lowest BCUT2D eigenvalue weighted by atomic mass is 10.2. The first kappa shape index (κ1) is 21.8. The molecule has 2 rings (SSSR count). The summed E-state index contributed by atoms with van der Waals surface area (Å²) >= 11 is 8.52. The van der Waals surface area contributed by atoms with Crippen LogP contribution in [0.3, 0.4) is 0 Å². The maximum absolute atomic E-state index is 12.4. The number of benzene rings is 2. The molecule has 2 aromatic rings. The van der Waals surface area contributed by atoms with E-state index in [2.05, 4.69) is 31.9 Å². The van der Waals surface area contributed by atoms with Gasteiger partial charge in [0.25, 0.3) is 11.8 Å². The molecule has 28 heavy (non-hydrogen) atoms. The zero-order chi connectivity index (χ0) is 20.5. The maximum Gasteiger partial charge on any atom is 0.261 e. The van der Waals surface area contributed by atoms with Crippen molar-refractivity contribution >= 4 is 50.8 Å². The van der Waals surface area contributed by atoms with Crippen LogP contribution in [0.15, 0.2) is 46.9 Å². The van der Waals surface area contributed by atoms with Gasteiger partial charge in [0.05, 0.1) is 19.3 Å². The third kappa shape index (κ3) is 6.29. The highest BCUT2D eigenvalue weighted by Gasteiger charge is 2.14. The number of hydrogen-bond donors (Lipinski definition) is 3. The van der Waals surface area contributed by atoms with Gasteiger partial charge in [-0.2, -0.15) is 0 Å². The summed E-state index contributed by atoms with van der Waals surface area (Å²) in [5.74, 6) is -0.154. The van der Waals surface area contributed by atoms with Gasteiger partial charge < -0.3 is 20.1 Å². The summed E-state index contributed by atoms with van der Waals surface area (Å²) in [6.07, 6.45) is 0. The van der Waals surface area contributed by atoms with Crippen molar-refractivity contribution in [1.29, 1.82) is 0 Å². The molecular formula is C19H20BrN3O4S. The minimum Gasteiger partial charge on any atom is -0.496 e. The Morgan fingerprint density at radius 3 is 2.43 bits per heavy atom. The number of rotatable bonds is 7. The molecule has 0 bridgehead atoms. The fourth-order valence-electron chi connectivity index (χ4n) is 2.26. The van der Waals surface area contributed by atoms with E-state index in [0.717, 1.165) is 4.47 Å². The summed E-state index contributed by atoms with van der Waals surface area (Å²) in [5, 5.41) is 8.38. The summed E-state index contributed by atoms with van der Waals surface area (Å²) in [4.78, 5) is 24.4. The molecule has 0 fully saturated rings. The Kier molecular flexibility index (Phi) is 8.37. The molecule has 148 valence electrons. The fourth-order valence-corrected chi connectivity index (χ4v) is 2.84. The SMILES string of the molecule is COCCNC(=O)c1ccc(NC(=S)NC(=O)c2cc(Br)ccc2OC)cc1. The number of carbonyl (C=O) groups excluding carboxylic acids is 2. The predicted octanol–water partition coefficient (Wildman–Crippen LogP) is 2.96. The number of hydrogen-bond acceptors (Lipinski definition) is 5. The van der Waals surface area contributed by atoms with Gasteiger partial charge in [-0.15, -0.1) is 0 Å². The Balaban J connectivity index is 1.95. The number of methoxy groups -OCH3 is 2. The Labute approximate surface area is 176 Å². The Bertz CT molecular complexity index is 859. The maximum atomic E-state index is 12.4.